The predicted molar refractivity (Wildman–Crippen MR) is 66.0 cm³/mol. The maximum absolute atomic E-state index is 3.83. The molecule has 77 valence electrons. The number of rotatable bonds is 2. The highest BCUT2D eigenvalue weighted by Gasteiger charge is 1.86. The third kappa shape index (κ3) is 6.47. The summed E-state index contributed by atoms with van der Waals surface area (Å²) in [5.74, 6) is 0.773. The van der Waals surface area contributed by atoms with E-state index in [4.69, 9.17) is 0 Å². The van der Waals surface area contributed by atoms with Gasteiger partial charge in [-0.25, -0.2) is 0 Å². The van der Waals surface area contributed by atoms with Crippen LogP contribution < -0.4 is 0 Å². The minimum Gasteiger partial charge on any atom is -0.0955 e. The number of hydrogen-bond donors (Lipinski definition) is 0. The molecule has 0 heterocycles. The molecule has 0 saturated heterocycles. The highest BCUT2D eigenvalue weighted by atomic mass is 13.9. The van der Waals surface area contributed by atoms with Gasteiger partial charge in [-0.1, -0.05) is 69.7 Å². The largest absolute Gasteiger partial charge is 0.0955 e. The lowest BCUT2D eigenvalue weighted by Gasteiger charge is -1.94. The van der Waals surface area contributed by atoms with Crippen LogP contribution in [0.2, 0.25) is 0 Å². The molecule has 0 aromatic heterocycles. The Bertz CT molecular complexity index is 244. The van der Waals surface area contributed by atoms with Crippen molar-refractivity contribution in [2.75, 3.05) is 0 Å². The molecule has 0 aliphatic carbocycles. The van der Waals surface area contributed by atoms with Crippen LogP contribution in [0.15, 0.2) is 36.9 Å². The normalized spacial score (nSPS) is 9.21. The third-order valence-corrected chi connectivity index (χ3v) is 1.84. The Kier molecular flexibility index (Phi) is 6.82. The molecule has 0 atom stereocenters. The summed E-state index contributed by atoms with van der Waals surface area (Å²) >= 11 is 0. The Balaban J connectivity index is 0.000000292. The second-order valence-electron chi connectivity index (χ2n) is 3.83. The Labute approximate surface area is 88.7 Å². The zero-order chi connectivity index (χ0) is 11.0. The lowest BCUT2D eigenvalue weighted by atomic mass is 10.1. The van der Waals surface area contributed by atoms with E-state index in [1.54, 1.807) is 0 Å². The molecule has 14 heavy (non-hydrogen) atoms. The van der Waals surface area contributed by atoms with E-state index in [1.807, 2.05) is 25.1 Å². The van der Waals surface area contributed by atoms with Gasteiger partial charge >= 0.3 is 0 Å². The van der Waals surface area contributed by atoms with Gasteiger partial charge in [0, 0.05) is 0 Å². The number of hydrogen-bond acceptors (Lipinski definition) is 0. The van der Waals surface area contributed by atoms with Crippen molar-refractivity contribution in [1.82, 2.24) is 0 Å². The van der Waals surface area contributed by atoms with Gasteiger partial charge in [0.25, 0.3) is 0 Å². The van der Waals surface area contributed by atoms with E-state index < -0.39 is 0 Å². The SMILES string of the molecule is C=C(C)c1ccccc1.[CH2]CC(C)C. The van der Waals surface area contributed by atoms with Crippen LogP contribution in [0, 0.1) is 12.8 Å². The van der Waals surface area contributed by atoms with Gasteiger partial charge < -0.3 is 0 Å². The molecule has 1 aromatic carbocycles. The van der Waals surface area contributed by atoms with E-state index in [0.29, 0.717) is 0 Å². The number of benzene rings is 1. The lowest BCUT2D eigenvalue weighted by molar-refractivity contribution is 0.661. The summed E-state index contributed by atoms with van der Waals surface area (Å²) in [6.07, 6.45) is 1.06. The molecule has 0 N–H and O–H groups in total. The molecule has 0 amide bonds. The van der Waals surface area contributed by atoms with Crippen molar-refractivity contribution in [3.05, 3.63) is 49.4 Å². The predicted octanol–water partition coefficient (Wildman–Crippen LogP) is 4.59. The summed E-state index contributed by atoms with van der Waals surface area (Å²) in [5.41, 5.74) is 2.34. The average Bonchev–Trinajstić information content (AvgIpc) is 2.20. The van der Waals surface area contributed by atoms with E-state index in [2.05, 4.69) is 39.5 Å². The van der Waals surface area contributed by atoms with E-state index in [-0.39, 0.29) is 0 Å². The van der Waals surface area contributed by atoms with Gasteiger partial charge in [0.15, 0.2) is 0 Å². The van der Waals surface area contributed by atoms with Crippen LogP contribution in [0.25, 0.3) is 5.57 Å². The first kappa shape index (κ1) is 13.0. The molecule has 0 unspecified atom stereocenters. The fraction of sp³-hybridized carbons (Fsp3) is 0.357. The first-order chi connectivity index (χ1) is 6.57. The van der Waals surface area contributed by atoms with Crippen LogP contribution in [0.5, 0.6) is 0 Å². The Morgan fingerprint density at radius 3 is 1.86 bits per heavy atom. The monoisotopic (exact) mass is 189 g/mol. The average molecular weight is 189 g/mol. The second-order valence-corrected chi connectivity index (χ2v) is 3.83. The van der Waals surface area contributed by atoms with Crippen molar-refractivity contribution in [2.24, 2.45) is 5.92 Å². The Morgan fingerprint density at radius 2 is 1.64 bits per heavy atom. The van der Waals surface area contributed by atoms with Crippen LogP contribution >= 0.6 is 0 Å². The van der Waals surface area contributed by atoms with Crippen LogP contribution in [-0.4, -0.2) is 0 Å². The fourth-order valence-electron chi connectivity index (χ4n) is 0.723. The maximum atomic E-state index is 3.83. The van der Waals surface area contributed by atoms with Crippen LogP contribution in [0.1, 0.15) is 32.8 Å². The summed E-state index contributed by atoms with van der Waals surface area (Å²) in [6.45, 7) is 13.8. The molecule has 1 radical (unpaired) electrons. The molecule has 0 fully saturated rings. The van der Waals surface area contributed by atoms with Crippen molar-refractivity contribution in [3.63, 3.8) is 0 Å². The lowest BCUT2D eigenvalue weighted by Crippen LogP contribution is -1.77. The molecule has 1 aromatic rings. The summed E-state index contributed by atoms with van der Waals surface area (Å²) in [4.78, 5) is 0. The van der Waals surface area contributed by atoms with Crippen molar-refractivity contribution in [1.29, 1.82) is 0 Å². The van der Waals surface area contributed by atoms with Crippen LogP contribution in [0.3, 0.4) is 0 Å². The van der Waals surface area contributed by atoms with E-state index in [1.165, 1.54) is 5.56 Å². The minimum absolute atomic E-state index is 0.773. The smallest absolute Gasteiger partial charge is 0.0233 e. The molecule has 0 nitrogen and oxygen atoms in total. The van der Waals surface area contributed by atoms with Gasteiger partial charge in [0.1, 0.15) is 0 Å². The van der Waals surface area contributed by atoms with Gasteiger partial charge in [-0.2, -0.15) is 0 Å². The first-order valence-electron chi connectivity index (χ1n) is 5.08. The van der Waals surface area contributed by atoms with E-state index in [9.17, 15) is 0 Å². The molecule has 0 aliphatic heterocycles. The second kappa shape index (κ2) is 7.37. The zero-order valence-electron chi connectivity index (χ0n) is 9.59. The number of allylic oxidation sites excluding steroid dienone is 1. The maximum Gasteiger partial charge on any atom is -0.0233 e. The van der Waals surface area contributed by atoms with Crippen molar-refractivity contribution < 1.29 is 0 Å². The third-order valence-electron chi connectivity index (χ3n) is 1.84. The van der Waals surface area contributed by atoms with E-state index >= 15 is 0 Å². The minimum atomic E-state index is 0.773. The summed E-state index contributed by atoms with van der Waals surface area (Å²) in [5, 5.41) is 0. The molecule has 0 heteroatoms. The van der Waals surface area contributed by atoms with Crippen LogP contribution in [0.4, 0.5) is 0 Å². The quantitative estimate of drug-likeness (QED) is 0.638. The van der Waals surface area contributed by atoms with Crippen molar-refractivity contribution in [3.8, 4) is 0 Å². The highest BCUT2D eigenvalue weighted by molar-refractivity contribution is 5.60. The van der Waals surface area contributed by atoms with Gasteiger partial charge in [-0.05, 0) is 18.4 Å². The van der Waals surface area contributed by atoms with Crippen LogP contribution in [-0.2, 0) is 0 Å². The summed E-state index contributed by atoms with van der Waals surface area (Å²) in [7, 11) is 0. The molecular weight excluding hydrogens is 168 g/mol. The molecule has 0 spiro atoms. The van der Waals surface area contributed by atoms with Gasteiger partial charge in [0.05, 0.1) is 0 Å². The molecule has 1 rings (SSSR count). The van der Waals surface area contributed by atoms with Crippen molar-refractivity contribution in [2.45, 2.75) is 27.2 Å². The zero-order valence-corrected chi connectivity index (χ0v) is 9.59. The van der Waals surface area contributed by atoms with Gasteiger partial charge in [0.2, 0.25) is 0 Å². The Morgan fingerprint density at radius 1 is 1.21 bits per heavy atom. The molecule has 0 saturated carbocycles. The highest BCUT2D eigenvalue weighted by Crippen LogP contribution is 2.08. The van der Waals surface area contributed by atoms with Gasteiger partial charge in [-0.3, -0.25) is 0 Å². The summed E-state index contributed by atoms with van der Waals surface area (Å²) < 4.78 is 0. The molecular formula is C14H21. The molecule has 0 aliphatic rings. The standard InChI is InChI=1S/C9H10.C5H11/c1-8(2)9-6-4-3-5-7-9;1-4-5(2)3/h3-7H,1H2,2H3;5H,1,4H2,2-3H3. The topological polar surface area (TPSA) is 0 Å². The first-order valence-corrected chi connectivity index (χ1v) is 5.08. The molecule has 0 bridgehead atoms. The van der Waals surface area contributed by atoms with E-state index in [0.717, 1.165) is 17.9 Å². The van der Waals surface area contributed by atoms with Crippen molar-refractivity contribution >= 4 is 5.57 Å². The fourth-order valence-corrected chi connectivity index (χ4v) is 0.723. The Hall–Kier alpha value is -1.04. The van der Waals surface area contributed by atoms with Gasteiger partial charge in [-0.15, -0.1) is 0 Å². The summed E-state index contributed by atoms with van der Waals surface area (Å²) in [6, 6.07) is 10.2.